The Balaban J connectivity index is 2.78. The number of hydrogen-bond acceptors (Lipinski definition) is 4. The normalized spacial score (nSPS) is 11.7. The molecule has 0 spiro atoms. The van der Waals surface area contributed by atoms with Gasteiger partial charge in [-0.25, -0.2) is 9.78 Å². The number of anilines is 1. The summed E-state index contributed by atoms with van der Waals surface area (Å²) in [6.07, 6.45) is 1.67. The summed E-state index contributed by atoms with van der Waals surface area (Å²) < 4.78 is 2.58. The molecule has 6 heteroatoms. The fraction of sp³-hybridized carbons (Fsp3) is 0.588. The van der Waals surface area contributed by atoms with Gasteiger partial charge in [0, 0.05) is 33.4 Å². The van der Waals surface area contributed by atoms with Gasteiger partial charge in [0.05, 0.1) is 5.69 Å². The van der Waals surface area contributed by atoms with Crippen molar-refractivity contribution in [2.24, 2.45) is 25.9 Å². The van der Waals surface area contributed by atoms with Crippen LogP contribution in [0.4, 0.5) is 5.69 Å². The van der Waals surface area contributed by atoms with E-state index in [1.54, 1.807) is 13.2 Å². The summed E-state index contributed by atoms with van der Waals surface area (Å²) in [5, 5.41) is 0.512. The molecule has 0 atom stereocenters. The summed E-state index contributed by atoms with van der Waals surface area (Å²) in [6.45, 7) is 10.3. The predicted octanol–water partition coefficient (Wildman–Crippen LogP) is 1.75. The molecule has 0 aliphatic carbocycles. The number of fused-ring (bicyclic) bond motifs is 1. The fourth-order valence-corrected chi connectivity index (χ4v) is 2.89. The lowest BCUT2D eigenvalue weighted by Gasteiger charge is -2.29. The third-order valence-electron chi connectivity index (χ3n) is 3.83. The lowest BCUT2D eigenvalue weighted by molar-refractivity contribution is 0.553. The van der Waals surface area contributed by atoms with Crippen LogP contribution in [0.25, 0.3) is 11.0 Å². The van der Waals surface area contributed by atoms with Gasteiger partial charge >= 0.3 is 5.69 Å². The standard InChI is InChI=1S/C17H26N4O2/c1-11(2)9-21(10-12(3)4)13-7-8-18-15-14(13)16(22)20(6)17(23)19(15)5/h7-8,11-12H,9-10H2,1-6H3. The van der Waals surface area contributed by atoms with E-state index < -0.39 is 0 Å². The number of pyridine rings is 1. The largest absolute Gasteiger partial charge is 0.370 e. The molecule has 0 bridgehead atoms. The first-order valence-corrected chi connectivity index (χ1v) is 8.03. The topological polar surface area (TPSA) is 60.1 Å². The van der Waals surface area contributed by atoms with Gasteiger partial charge in [0.2, 0.25) is 0 Å². The molecule has 0 aliphatic rings. The Morgan fingerprint density at radius 3 is 2.13 bits per heavy atom. The molecule has 6 nitrogen and oxygen atoms in total. The van der Waals surface area contributed by atoms with Crippen molar-refractivity contribution in [1.29, 1.82) is 0 Å². The summed E-state index contributed by atoms with van der Waals surface area (Å²) in [5.41, 5.74) is 0.650. The van der Waals surface area contributed by atoms with E-state index >= 15 is 0 Å². The molecular formula is C17H26N4O2. The zero-order chi connectivity index (χ0) is 17.3. The zero-order valence-corrected chi connectivity index (χ0v) is 14.8. The van der Waals surface area contributed by atoms with E-state index in [0.717, 1.165) is 23.3 Å². The highest BCUT2D eigenvalue weighted by Gasteiger charge is 2.19. The van der Waals surface area contributed by atoms with Gasteiger partial charge in [-0.1, -0.05) is 27.7 Å². The van der Waals surface area contributed by atoms with Crippen LogP contribution in [0.5, 0.6) is 0 Å². The average molecular weight is 318 g/mol. The van der Waals surface area contributed by atoms with E-state index in [1.165, 1.54) is 11.6 Å². The number of nitrogens with zero attached hydrogens (tertiary/aromatic N) is 4. The highest BCUT2D eigenvalue weighted by Crippen LogP contribution is 2.23. The summed E-state index contributed by atoms with van der Waals surface area (Å²) in [7, 11) is 3.16. The van der Waals surface area contributed by atoms with Crippen LogP contribution in [0.2, 0.25) is 0 Å². The third kappa shape index (κ3) is 3.30. The summed E-state index contributed by atoms with van der Waals surface area (Å²) in [5.74, 6) is 0.932. The number of hydrogen-bond donors (Lipinski definition) is 0. The molecule has 2 aromatic heterocycles. The quantitative estimate of drug-likeness (QED) is 0.843. The van der Waals surface area contributed by atoms with E-state index in [4.69, 9.17) is 0 Å². The van der Waals surface area contributed by atoms with Crippen molar-refractivity contribution < 1.29 is 0 Å². The van der Waals surface area contributed by atoms with E-state index in [9.17, 15) is 9.59 Å². The Morgan fingerprint density at radius 1 is 1.04 bits per heavy atom. The van der Waals surface area contributed by atoms with Crippen molar-refractivity contribution in [2.45, 2.75) is 27.7 Å². The van der Waals surface area contributed by atoms with Crippen LogP contribution in [0.3, 0.4) is 0 Å². The lowest BCUT2D eigenvalue weighted by atomic mass is 10.1. The summed E-state index contributed by atoms with van der Waals surface area (Å²) in [6, 6.07) is 1.87. The molecule has 2 rings (SSSR count). The Bertz CT molecular complexity index is 808. The van der Waals surface area contributed by atoms with Crippen LogP contribution in [-0.2, 0) is 14.1 Å². The first kappa shape index (κ1) is 17.2. The molecule has 0 unspecified atom stereocenters. The highest BCUT2D eigenvalue weighted by atomic mass is 16.2. The third-order valence-corrected chi connectivity index (χ3v) is 3.83. The Labute approximate surface area is 136 Å². The van der Waals surface area contributed by atoms with Crippen LogP contribution in [-0.4, -0.2) is 27.2 Å². The first-order valence-electron chi connectivity index (χ1n) is 8.03. The fourth-order valence-electron chi connectivity index (χ4n) is 2.89. The maximum absolute atomic E-state index is 12.7. The van der Waals surface area contributed by atoms with Crippen LogP contribution >= 0.6 is 0 Å². The van der Waals surface area contributed by atoms with Crippen molar-refractivity contribution >= 4 is 16.7 Å². The summed E-state index contributed by atoms with van der Waals surface area (Å²) >= 11 is 0. The molecule has 0 aliphatic heterocycles. The minimum absolute atomic E-state index is 0.288. The van der Waals surface area contributed by atoms with Gasteiger partial charge in [0.15, 0.2) is 5.65 Å². The summed E-state index contributed by atoms with van der Waals surface area (Å²) in [4.78, 5) is 31.3. The molecule has 0 amide bonds. The van der Waals surface area contributed by atoms with Gasteiger partial charge in [0.25, 0.3) is 5.56 Å². The monoisotopic (exact) mass is 318 g/mol. The van der Waals surface area contributed by atoms with E-state index in [1.807, 2.05) is 6.07 Å². The Kier molecular flexibility index (Phi) is 4.92. The SMILES string of the molecule is CC(C)CN(CC(C)C)c1ccnc2c1c(=O)n(C)c(=O)n2C. The van der Waals surface area contributed by atoms with Crippen molar-refractivity contribution in [3.63, 3.8) is 0 Å². The molecule has 0 fully saturated rings. The van der Waals surface area contributed by atoms with Crippen molar-refractivity contribution in [3.05, 3.63) is 33.1 Å². The van der Waals surface area contributed by atoms with Crippen molar-refractivity contribution in [2.75, 3.05) is 18.0 Å². The van der Waals surface area contributed by atoms with Gasteiger partial charge in [-0.15, -0.1) is 0 Å². The molecule has 126 valence electrons. The van der Waals surface area contributed by atoms with Gasteiger partial charge in [-0.2, -0.15) is 0 Å². The van der Waals surface area contributed by atoms with E-state index in [0.29, 0.717) is 22.9 Å². The highest BCUT2D eigenvalue weighted by molar-refractivity contribution is 5.88. The van der Waals surface area contributed by atoms with E-state index in [-0.39, 0.29) is 11.2 Å². The number of rotatable bonds is 5. The lowest BCUT2D eigenvalue weighted by Crippen LogP contribution is -2.39. The van der Waals surface area contributed by atoms with Crippen molar-refractivity contribution in [1.82, 2.24) is 14.1 Å². The first-order chi connectivity index (χ1) is 10.7. The molecule has 0 aromatic carbocycles. The maximum Gasteiger partial charge on any atom is 0.332 e. The molecule has 23 heavy (non-hydrogen) atoms. The minimum Gasteiger partial charge on any atom is -0.370 e. The van der Waals surface area contributed by atoms with E-state index in [2.05, 4.69) is 37.6 Å². The molecule has 0 N–H and O–H groups in total. The maximum atomic E-state index is 12.7. The molecule has 0 saturated heterocycles. The van der Waals surface area contributed by atoms with Gasteiger partial charge in [0.1, 0.15) is 5.39 Å². The van der Waals surface area contributed by atoms with Gasteiger partial charge < -0.3 is 4.90 Å². The van der Waals surface area contributed by atoms with Crippen LogP contribution in [0.1, 0.15) is 27.7 Å². The van der Waals surface area contributed by atoms with Crippen LogP contribution in [0.15, 0.2) is 21.9 Å². The smallest absolute Gasteiger partial charge is 0.332 e. The Hall–Kier alpha value is -2.11. The number of aromatic nitrogens is 3. The van der Waals surface area contributed by atoms with Crippen molar-refractivity contribution in [3.8, 4) is 0 Å². The Morgan fingerprint density at radius 2 is 1.61 bits per heavy atom. The second kappa shape index (κ2) is 6.56. The molecule has 2 heterocycles. The second-order valence-corrected chi connectivity index (χ2v) is 6.93. The van der Waals surface area contributed by atoms with Crippen LogP contribution < -0.4 is 16.1 Å². The molecule has 2 aromatic rings. The van der Waals surface area contributed by atoms with Gasteiger partial charge in [-0.3, -0.25) is 13.9 Å². The molecular weight excluding hydrogens is 292 g/mol. The average Bonchev–Trinajstić information content (AvgIpc) is 2.48. The number of aryl methyl sites for hydroxylation is 1. The molecule has 0 radical (unpaired) electrons. The van der Waals surface area contributed by atoms with Crippen LogP contribution in [0, 0.1) is 11.8 Å². The second-order valence-electron chi connectivity index (χ2n) is 6.93. The zero-order valence-electron chi connectivity index (χ0n) is 14.8. The predicted molar refractivity (Wildman–Crippen MR) is 94.1 cm³/mol. The molecule has 0 saturated carbocycles. The minimum atomic E-state index is -0.355. The van der Waals surface area contributed by atoms with Gasteiger partial charge in [-0.05, 0) is 17.9 Å².